The molecule has 0 bridgehead atoms. The highest BCUT2D eigenvalue weighted by atomic mass is 16.6. The predicted octanol–water partition coefficient (Wildman–Crippen LogP) is 6.49. The lowest BCUT2D eigenvalue weighted by Crippen LogP contribution is -2.45. The first kappa shape index (κ1) is 33.3. The minimum absolute atomic E-state index is 0.447. The molecule has 0 amide bonds. The number of hydrogen-bond donors (Lipinski definition) is 1. The zero-order chi connectivity index (χ0) is 29.6. The van der Waals surface area contributed by atoms with Gasteiger partial charge in [0.2, 0.25) is 0 Å². The minimum atomic E-state index is -1.21. The molecule has 1 aromatic carbocycles. The van der Waals surface area contributed by atoms with Gasteiger partial charge in [-0.05, 0) is 77.0 Å². The Kier molecular flexibility index (Phi) is 13.7. The minimum Gasteiger partial charge on any atom is -0.497 e. The van der Waals surface area contributed by atoms with Gasteiger partial charge in [-0.2, -0.15) is 0 Å². The van der Waals surface area contributed by atoms with Crippen LogP contribution in [0.1, 0.15) is 89.9 Å². The maximum absolute atomic E-state index is 10.4. The van der Waals surface area contributed by atoms with Gasteiger partial charge in [0.25, 0.3) is 11.4 Å². The van der Waals surface area contributed by atoms with Gasteiger partial charge < -0.3 is 14.1 Å². The predicted molar refractivity (Wildman–Crippen MR) is 154 cm³/mol. The number of quaternary nitrogens is 2. The van der Waals surface area contributed by atoms with Crippen molar-refractivity contribution in [2.75, 3.05) is 53.4 Å². The zero-order valence-corrected chi connectivity index (χ0v) is 24.4. The van der Waals surface area contributed by atoms with Gasteiger partial charge in [-0.1, -0.05) is 12.8 Å². The number of phenolic OH excluding ortho intramolecular Hbond substituents is 1. The van der Waals surface area contributed by atoms with Gasteiger partial charge in [0.15, 0.2) is 0 Å². The van der Waals surface area contributed by atoms with E-state index in [1.54, 1.807) is 0 Å². The lowest BCUT2D eigenvalue weighted by molar-refractivity contribution is -0.909. The number of likely N-dealkylation sites (tertiary alicyclic amines) is 2. The Morgan fingerprint density at radius 2 is 0.925 bits per heavy atom. The lowest BCUT2D eigenvalue weighted by Gasteiger charge is -2.33. The van der Waals surface area contributed by atoms with Crippen LogP contribution in [-0.2, 0) is 0 Å². The highest BCUT2D eigenvalue weighted by Crippen LogP contribution is 2.39. The van der Waals surface area contributed by atoms with Crippen LogP contribution in [0.5, 0.6) is 5.75 Å². The second-order valence-electron chi connectivity index (χ2n) is 12.1. The van der Waals surface area contributed by atoms with Crippen molar-refractivity contribution in [1.82, 2.24) is 0 Å². The Morgan fingerprint density at radius 3 is 1.23 bits per heavy atom. The van der Waals surface area contributed by atoms with Gasteiger partial charge >= 0.3 is 11.4 Å². The Labute approximate surface area is 237 Å². The van der Waals surface area contributed by atoms with Crippen molar-refractivity contribution < 1.29 is 28.8 Å². The molecule has 2 aliphatic heterocycles. The van der Waals surface area contributed by atoms with Crippen LogP contribution in [0.2, 0.25) is 0 Å². The molecule has 0 saturated carbocycles. The molecule has 0 unspecified atom stereocenters. The van der Waals surface area contributed by atoms with Gasteiger partial charge in [0.05, 0.1) is 80.3 Å². The van der Waals surface area contributed by atoms with Gasteiger partial charge in [-0.25, -0.2) is 0 Å². The summed E-state index contributed by atoms with van der Waals surface area (Å²) in [6, 6.07) is 0.894. The van der Waals surface area contributed by atoms with E-state index >= 15 is 0 Å². The van der Waals surface area contributed by atoms with E-state index in [1.165, 1.54) is 138 Å². The summed E-state index contributed by atoms with van der Waals surface area (Å²) < 4.78 is 2.74. The molecular formula is C28H49N5O7+2. The van der Waals surface area contributed by atoms with Crippen LogP contribution in [0, 0.1) is 30.3 Å². The van der Waals surface area contributed by atoms with Crippen molar-refractivity contribution in [3.05, 3.63) is 42.5 Å². The van der Waals surface area contributed by atoms with Crippen molar-refractivity contribution in [1.29, 1.82) is 0 Å². The molecule has 2 aliphatic rings. The van der Waals surface area contributed by atoms with E-state index in [0.29, 0.717) is 12.1 Å². The number of unbranched alkanes of at least 4 members (excludes halogenated alkanes) is 5. The molecule has 12 nitrogen and oxygen atoms in total. The number of non-ortho nitro benzene ring substituents is 1. The maximum atomic E-state index is 10.4. The summed E-state index contributed by atoms with van der Waals surface area (Å²) in [6.45, 7) is 8.64. The fraction of sp³-hybridized carbons (Fsp3) is 0.786. The Bertz CT molecular complexity index is 905. The first-order chi connectivity index (χ1) is 19.0. The van der Waals surface area contributed by atoms with Crippen molar-refractivity contribution >= 4 is 17.1 Å². The van der Waals surface area contributed by atoms with Crippen LogP contribution in [0.3, 0.4) is 0 Å². The first-order valence-corrected chi connectivity index (χ1v) is 14.9. The number of nitro benzene ring substituents is 3. The number of phenols is 1. The Balaban J connectivity index is 0.000000305. The van der Waals surface area contributed by atoms with Crippen molar-refractivity contribution in [3.63, 3.8) is 0 Å². The molecular weight excluding hydrogens is 518 g/mol. The summed E-state index contributed by atoms with van der Waals surface area (Å²) in [5.74, 6) is -1.21. The molecule has 0 aromatic heterocycles. The van der Waals surface area contributed by atoms with E-state index in [-0.39, 0.29) is 0 Å². The van der Waals surface area contributed by atoms with Gasteiger partial charge in [-0.3, -0.25) is 30.3 Å². The van der Waals surface area contributed by atoms with Crippen LogP contribution >= 0.6 is 0 Å². The average molecular weight is 568 g/mol. The van der Waals surface area contributed by atoms with Gasteiger partial charge in [0.1, 0.15) is 0 Å². The molecule has 226 valence electrons. The molecule has 2 fully saturated rings. The van der Waals surface area contributed by atoms with Gasteiger partial charge in [0, 0.05) is 0 Å². The van der Waals surface area contributed by atoms with E-state index < -0.39 is 37.6 Å². The highest BCUT2D eigenvalue weighted by Gasteiger charge is 2.30. The summed E-state index contributed by atoms with van der Waals surface area (Å²) in [7, 11) is 5.02. The number of nitro groups is 3. The third-order valence-electron chi connectivity index (χ3n) is 8.60. The summed E-state index contributed by atoms with van der Waals surface area (Å²) in [4.78, 5) is 27.8. The van der Waals surface area contributed by atoms with Crippen LogP contribution < -0.4 is 0 Å². The summed E-state index contributed by atoms with van der Waals surface area (Å²) in [6.07, 6.45) is 20.6. The maximum Gasteiger partial charge on any atom is 0.324 e. The van der Waals surface area contributed by atoms with E-state index in [0.717, 1.165) is 0 Å². The van der Waals surface area contributed by atoms with Crippen molar-refractivity contribution in [3.8, 4) is 5.75 Å². The average Bonchev–Trinajstić information content (AvgIpc) is 3.25. The van der Waals surface area contributed by atoms with E-state index in [1.807, 2.05) is 0 Å². The van der Waals surface area contributed by atoms with Crippen molar-refractivity contribution in [2.24, 2.45) is 0 Å². The number of nitrogens with zero attached hydrogens (tertiary/aromatic N) is 5. The molecule has 1 aromatic rings. The quantitative estimate of drug-likeness (QED) is 0.131. The molecule has 0 atom stereocenters. The summed E-state index contributed by atoms with van der Waals surface area (Å²) in [5.41, 5.74) is -3.00. The first-order valence-electron chi connectivity index (χ1n) is 14.9. The Hall–Kier alpha value is -2.86. The second-order valence-corrected chi connectivity index (χ2v) is 12.1. The third-order valence-corrected chi connectivity index (χ3v) is 8.60. The second kappa shape index (κ2) is 16.4. The molecule has 0 aliphatic carbocycles. The topological polar surface area (TPSA) is 150 Å². The number of rotatable bonds is 12. The Morgan fingerprint density at radius 1 is 0.600 bits per heavy atom. The lowest BCUT2D eigenvalue weighted by atomic mass is 10.1. The number of benzene rings is 1. The highest BCUT2D eigenvalue weighted by molar-refractivity contribution is 5.64. The molecule has 0 spiro atoms. The van der Waals surface area contributed by atoms with E-state index in [9.17, 15) is 30.3 Å². The molecule has 1 N–H and O–H groups in total. The monoisotopic (exact) mass is 567 g/mol. The number of aromatic hydroxyl groups is 1. The number of hydrogen-bond acceptors (Lipinski definition) is 7. The van der Waals surface area contributed by atoms with Crippen LogP contribution in [0.4, 0.5) is 17.1 Å². The third kappa shape index (κ3) is 11.3. The normalized spacial score (nSPS) is 18.4. The standard InChI is InChI=1S/C22H46N2.C6H3N3O7/c1-23(19-13-7-8-14-20-23)17-11-5-3-4-6-12-18-24(2)21-15-9-10-16-22-24;10-6-4(8(13)14)1-3(7(11)12)2-5(6)9(15)16/h3-22H2,1-2H3;1-2,10H/q+2;. The molecule has 12 heteroatoms. The fourth-order valence-corrected chi connectivity index (χ4v) is 6.02. The smallest absolute Gasteiger partial charge is 0.324 e. The summed E-state index contributed by atoms with van der Waals surface area (Å²) in [5, 5.41) is 40.2. The van der Waals surface area contributed by atoms with E-state index in [4.69, 9.17) is 5.11 Å². The zero-order valence-electron chi connectivity index (χ0n) is 24.4. The molecule has 2 saturated heterocycles. The van der Waals surface area contributed by atoms with Crippen molar-refractivity contribution in [2.45, 2.75) is 89.9 Å². The van der Waals surface area contributed by atoms with E-state index in [2.05, 4.69) is 14.1 Å². The SMILES string of the molecule is C[N+]1(CCCCCCCC[N+]2(C)CCCCCC2)CCCCCC1.O=[N+]([O-])c1cc([N+](=O)[O-])c(O)c([N+](=O)[O-])c1. The largest absolute Gasteiger partial charge is 0.497 e. The molecule has 0 radical (unpaired) electrons. The molecule has 40 heavy (non-hydrogen) atoms. The van der Waals surface area contributed by atoms with Crippen LogP contribution in [0.15, 0.2) is 12.1 Å². The molecule has 3 rings (SSSR count). The van der Waals surface area contributed by atoms with Crippen LogP contribution in [-0.4, -0.2) is 82.2 Å². The fourth-order valence-electron chi connectivity index (χ4n) is 6.02. The van der Waals surface area contributed by atoms with Gasteiger partial charge in [-0.15, -0.1) is 0 Å². The van der Waals surface area contributed by atoms with Crippen LogP contribution in [0.25, 0.3) is 0 Å². The molecule has 2 heterocycles. The summed E-state index contributed by atoms with van der Waals surface area (Å²) >= 11 is 0.